The first-order chi connectivity index (χ1) is 8.99. The van der Waals surface area contributed by atoms with E-state index in [-0.39, 0.29) is 0 Å². The lowest BCUT2D eigenvalue weighted by molar-refractivity contribution is 0.427. The summed E-state index contributed by atoms with van der Waals surface area (Å²) in [5.74, 6) is 0. The second-order valence-corrected chi connectivity index (χ2v) is 7.87. The third-order valence-electron chi connectivity index (χ3n) is 3.08. The second-order valence-electron chi connectivity index (χ2n) is 4.54. The number of anilines is 1. The molecule has 0 unspecified atom stereocenters. The number of hydrogen-bond donors (Lipinski definition) is 1. The molecule has 1 saturated heterocycles. The minimum absolute atomic E-state index is 0.422. The molecule has 1 heterocycles. The van der Waals surface area contributed by atoms with E-state index in [1.807, 2.05) is 6.07 Å². The minimum Gasteiger partial charge on any atom is -0.269 e. The van der Waals surface area contributed by atoms with Crippen molar-refractivity contribution < 1.29 is 8.42 Å². The molecule has 7 heteroatoms. The molecule has 0 bridgehead atoms. The first-order valence-electron chi connectivity index (χ1n) is 6.22. The molecular formula is C12H16ClIN2O2S. The van der Waals surface area contributed by atoms with Crippen molar-refractivity contribution in [1.29, 1.82) is 0 Å². The standard InChI is InChI=1S/C12H16ClIN2O2S/c13-11-9-10(14)5-6-12(11)15-19(17,18)16-7-3-1-2-4-8-16/h5-6,9,15H,1-4,7-8H2. The van der Waals surface area contributed by atoms with Crippen LogP contribution in [0.1, 0.15) is 25.7 Å². The highest BCUT2D eigenvalue weighted by molar-refractivity contribution is 14.1. The van der Waals surface area contributed by atoms with Gasteiger partial charge in [-0.3, -0.25) is 4.72 Å². The molecule has 0 saturated carbocycles. The Kier molecular flexibility index (Phi) is 5.33. The van der Waals surface area contributed by atoms with E-state index in [0.717, 1.165) is 29.3 Å². The summed E-state index contributed by atoms with van der Waals surface area (Å²) in [4.78, 5) is 0. The van der Waals surface area contributed by atoms with E-state index >= 15 is 0 Å². The molecule has 1 aliphatic rings. The Balaban J connectivity index is 2.15. The Bertz CT molecular complexity index is 543. The lowest BCUT2D eigenvalue weighted by Gasteiger charge is -2.21. The van der Waals surface area contributed by atoms with Gasteiger partial charge in [-0.25, -0.2) is 0 Å². The highest BCUT2D eigenvalue weighted by atomic mass is 127. The highest BCUT2D eigenvalue weighted by Crippen LogP contribution is 2.26. The van der Waals surface area contributed by atoms with E-state index in [9.17, 15) is 8.42 Å². The van der Waals surface area contributed by atoms with E-state index in [2.05, 4.69) is 27.3 Å². The van der Waals surface area contributed by atoms with Crippen molar-refractivity contribution in [2.75, 3.05) is 17.8 Å². The summed E-state index contributed by atoms with van der Waals surface area (Å²) in [7, 11) is -3.50. The number of nitrogens with zero attached hydrogens (tertiary/aromatic N) is 1. The molecule has 0 radical (unpaired) electrons. The monoisotopic (exact) mass is 414 g/mol. The fraction of sp³-hybridized carbons (Fsp3) is 0.500. The highest BCUT2D eigenvalue weighted by Gasteiger charge is 2.23. The maximum Gasteiger partial charge on any atom is 0.301 e. The topological polar surface area (TPSA) is 49.4 Å². The largest absolute Gasteiger partial charge is 0.301 e. The molecule has 1 fully saturated rings. The van der Waals surface area contributed by atoms with Gasteiger partial charge in [0.25, 0.3) is 0 Å². The number of nitrogens with one attached hydrogen (secondary N) is 1. The average molecular weight is 415 g/mol. The van der Waals surface area contributed by atoms with Crippen molar-refractivity contribution in [1.82, 2.24) is 4.31 Å². The Morgan fingerprint density at radius 3 is 2.37 bits per heavy atom. The third-order valence-corrected chi connectivity index (χ3v) is 5.58. The van der Waals surface area contributed by atoms with Crippen LogP contribution in [0.4, 0.5) is 5.69 Å². The van der Waals surface area contributed by atoms with Gasteiger partial charge in [0, 0.05) is 16.7 Å². The van der Waals surface area contributed by atoms with Crippen LogP contribution in [-0.2, 0) is 10.2 Å². The van der Waals surface area contributed by atoms with Gasteiger partial charge in [-0.15, -0.1) is 0 Å². The Morgan fingerprint density at radius 1 is 1.16 bits per heavy atom. The van der Waals surface area contributed by atoms with Crippen molar-refractivity contribution in [2.45, 2.75) is 25.7 Å². The fourth-order valence-electron chi connectivity index (χ4n) is 2.06. The predicted molar refractivity (Wildman–Crippen MR) is 86.8 cm³/mol. The van der Waals surface area contributed by atoms with Crippen molar-refractivity contribution >= 4 is 50.1 Å². The SMILES string of the molecule is O=S(=O)(Nc1ccc(I)cc1Cl)N1CCCCCC1. The summed E-state index contributed by atoms with van der Waals surface area (Å²) in [6, 6.07) is 5.26. The summed E-state index contributed by atoms with van der Waals surface area (Å²) in [5.41, 5.74) is 0.436. The van der Waals surface area contributed by atoms with Crippen LogP contribution in [0, 0.1) is 3.57 Å². The van der Waals surface area contributed by atoms with Gasteiger partial charge in [-0.2, -0.15) is 12.7 Å². The van der Waals surface area contributed by atoms with Crippen molar-refractivity contribution in [3.05, 3.63) is 26.8 Å². The van der Waals surface area contributed by atoms with Gasteiger partial charge in [-0.05, 0) is 53.6 Å². The van der Waals surface area contributed by atoms with Crippen LogP contribution >= 0.6 is 34.2 Å². The molecule has 1 aromatic carbocycles. The quantitative estimate of drug-likeness (QED) is 0.770. The maximum absolute atomic E-state index is 12.3. The lowest BCUT2D eigenvalue weighted by Crippen LogP contribution is -2.36. The average Bonchev–Trinajstić information content (AvgIpc) is 2.62. The summed E-state index contributed by atoms with van der Waals surface area (Å²) < 4.78 is 29.7. The van der Waals surface area contributed by atoms with Crippen LogP contribution in [0.25, 0.3) is 0 Å². The molecule has 19 heavy (non-hydrogen) atoms. The molecule has 106 valence electrons. The molecule has 0 aliphatic carbocycles. The van der Waals surface area contributed by atoms with Crippen molar-refractivity contribution in [3.8, 4) is 0 Å². The van der Waals surface area contributed by atoms with Gasteiger partial charge in [0.05, 0.1) is 10.7 Å². The molecule has 2 rings (SSSR count). The molecule has 0 atom stereocenters. The molecule has 1 N–H and O–H groups in total. The summed E-state index contributed by atoms with van der Waals surface area (Å²) in [5, 5.41) is 0.422. The lowest BCUT2D eigenvalue weighted by atomic mass is 10.2. The smallest absolute Gasteiger partial charge is 0.269 e. The van der Waals surface area contributed by atoms with Crippen LogP contribution in [0.3, 0.4) is 0 Å². The summed E-state index contributed by atoms with van der Waals surface area (Å²) in [6.07, 6.45) is 4.02. The zero-order valence-corrected chi connectivity index (χ0v) is 14.1. The van der Waals surface area contributed by atoms with Gasteiger partial charge in [0.1, 0.15) is 0 Å². The van der Waals surface area contributed by atoms with Gasteiger partial charge in [0.2, 0.25) is 0 Å². The van der Waals surface area contributed by atoms with Crippen LogP contribution in [0.15, 0.2) is 18.2 Å². The Morgan fingerprint density at radius 2 is 1.79 bits per heavy atom. The number of rotatable bonds is 3. The first kappa shape index (κ1) is 15.3. The molecule has 4 nitrogen and oxygen atoms in total. The molecule has 1 aromatic rings. The summed E-state index contributed by atoms with van der Waals surface area (Å²) in [6.45, 7) is 1.16. The third kappa shape index (κ3) is 4.21. The van der Waals surface area contributed by atoms with Crippen molar-refractivity contribution in [3.63, 3.8) is 0 Å². The normalized spacial score (nSPS) is 18.0. The predicted octanol–water partition coefficient (Wildman–Crippen LogP) is 3.48. The zero-order valence-electron chi connectivity index (χ0n) is 10.4. The molecule has 0 aromatic heterocycles. The van der Waals surface area contributed by atoms with Crippen LogP contribution in [-0.4, -0.2) is 25.8 Å². The number of benzene rings is 1. The van der Waals surface area contributed by atoms with Gasteiger partial charge >= 0.3 is 10.2 Å². The Labute approximate surface area is 132 Å². The number of halogens is 2. The van der Waals surface area contributed by atoms with E-state index < -0.39 is 10.2 Å². The van der Waals surface area contributed by atoms with Gasteiger partial charge < -0.3 is 0 Å². The van der Waals surface area contributed by atoms with E-state index in [1.54, 1.807) is 12.1 Å². The fourth-order valence-corrected chi connectivity index (χ4v) is 4.34. The summed E-state index contributed by atoms with van der Waals surface area (Å²) >= 11 is 8.19. The second kappa shape index (κ2) is 6.60. The minimum atomic E-state index is -3.50. The Hall–Kier alpha value is -0.0500. The van der Waals surface area contributed by atoms with E-state index in [4.69, 9.17) is 11.6 Å². The maximum atomic E-state index is 12.3. The zero-order chi connectivity index (χ0) is 13.9. The van der Waals surface area contributed by atoms with Gasteiger partial charge in [-0.1, -0.05) is 24.4 Å². The first-order valence-corrected chi connectivity index (χ1v) is 9.12. The van der Waals surface area contributed by atoms with Crippen LogP contribution in [0.2, 0.25) is 5.02 Å². The van der Waals surface area contributed by atoms with Crippen molar-refractivity contribution in [2.24, 2.45) is 0 Å². The van der Waals surface area contributed by atoms with Crippen LogP contribution in [0.5, 0.6) is 0 Å². The molecule has 0 amide bonds. The molecule has 1 aliphatic heterocycles. The van der Waals surface area contributed by atoms with E-state index in [0.29, 0.717) is 23.8 Å². The molecule has 0 spiro atoms. The van der Waals surface area contributed by atoms with Crippen LogP contribution < -0.4 is 4.72 Å². The molecular weight excluding hydrogens is 399 g/mol. The van der Waals surface area contributed by atoms with Gasteiger partial charge in [0.15, 0.2) is 0 Å². The number of hydrogen-bond acceptors (Lipinski definition) is 2. The van der Waals surface area contributed by atoms with E-state index in [1.165, 1.54) is 4.31 Å².